The van der Waals surface area contributed by atoms with Crippen LogP contribution in [0.1, 0.15) is 168 Å². The maximum atomic E-state index is 12.9. The molecule has 0 aromatic rings. The molecule has 3 atom stereocenters. The number of amides is 2. The van der Waals surface area contributed by atoms with Crippen LogP contribution in [0.25, 0.3) is 0 Å². The summed E-state index contributed by atoms with van der Waals surface area (Å²) in [7, 11) is 0. The van der Waals surface area contributed by atoms with E-state index in [4.69, 9.17) is 15.6 Å². The van der Waals surface area contributed by atoms with Gasteiger partial charge >= 0.3 is 17.9 Å². The van der Waals surface area contributed by atoms with E-state index in [9.17, 15) is 29.1 Å². The van der Waals surface area contributed by atoms with Crippen molar-refractivity contribution in [3.8, 4) is 0 Å². The van der Waals surface area contributed by atoms with Crippen molar-refractivity contribution in [1.82, 2.24) is 10.6 Å². The Kier molecular flexibility index (Phi) is 28.0. The highest BCUT2D eigenvalue weighted by Gasteiger charge is 2.25. The largest absolute Gasteiger partial charge is 0.480 e. The zero-order valence-corrected chi connectivity index (χ0v) is 28.8. The number of unbranched alkanes of at least 4 members (excludes halogenated alkanes) is 16. The van der Waals surface area contributed by atoms with Crippen LogP contribution in [0, 0.1) is 0 Å². The quantitative estimate of drug-likeness (QED) is 0.0404. The van der Waals surface area contributed by atoms with Gasteiger partial charge in [-0.05, 0) is 38.5 Å². The summed E-state index contributed by atoms with van der Waals surface area (Å²) in [6, 6.07) is -3.33. The number of carboxylic acids is 2. The zero-order chi connectivity index (χ0) is 34.4. The molecular weight excluding hydrogens is 590 g/mol. The van der Waals surface area contributed by atoms with Crippen molar-refractivity contribution in [1.29, 1.82) is 0 Å². The summed E-state index contributed by atoms with van der Waals surface area (Å²) in [6.07, 6.45) is 20.6. The van der Waals surface area contributed by atoms with Crippen LogP contribution in [0.3, 0.4) is 0 Å². The van der Waals surface area contributed by atoms with Gasteiger partial charge in [-0.3, -0.25) is 14.4 Å². The fourth-order valence-corrected chi connectivity index (χ4v) is 5.26. The van der Waals surface area contributed by atoms with Gasteiger partial charge in [0.15, 0.2) is 0 Å². The molecule has 0 heterocycles. The van der Waals surface area contributed by atoms with Gasteiger partial charge in [-0.1, -0.05) is 117 Å². The maximum Gasteiger partial charge on any atom is 0.328 e. The van der Waals surface area contributed by atoms with Crippen molar-refractivity contribution in [3.05, 3.63) is 0 Å². The van der Waals surface area contributed by atoms with Gasteiger partial charge < -0.3 is 31.3 Å². The highest BCUT2D eigenvalue weighted by atomic mass is 16.5. The molecule has 0 fully saturated rings. The van der Waals surface area contributed by atoms with Gasteiger partial charge in [0.25, 0.3) is 0 Å². The van der Waals surface area contributed by atoms with Crippen molar-refractivity contribution in [2.24, 2.45) is 5.73 Å². The number of carbonyl (C=O) groups excluding carboxylic acids is 3. The summed E-state index contributed by atoms with van der Waals surface area (Å²) in [5.74, 6) is -3.87. The fraction of sp³-hybridized carbons (Fsp3) is 0.857. The molecule has 268 valence electrons. The lowest BCUT2D eigenvalue weighted by atomic mass is 10.0. The summed E-state index contributed by atoms with van der Waals surface area (Å²) in [5.41, 5.74) is 5.47. The number of carboxylic acid groups (broad SMARTS) is 2. The van der Waals surface area contributed by atoms with Gasteiger partial charge in [0, 0.05) is 12.8 Å². The van der Waals surface area contributed by atoms with Crippen LogP contribution >= 0.6 is 0 Å². The van der Waals surface area contributed by atoms with Crippen LogP contribution < -0.4 is 16.4 Å². The van der Waals surface area contributed by atoms with Crippen molar-refractivity contribution >= 4 is 29.7 Å². The summed E-state index contributed by atoms with van der Waals surface area (Å²) in [6.45, 7) is 4.64. The minimum absolute atomic E-state index is 0.0156. The van der Waals surface area contributed by atoms with Crippen LogP contribution in [0.5, 0.6) is 0 Å². The SMILES string of the molecule is CCCCCCCCCCCOC(=O)[C@@H](CCC(=O)NC(CCCC(N)C(=O)O)C(=O)O)NC(=O)CCCCCCCCCCC. The molecule has 0 aromatic heterocycles. The second kappa shape index (κ2) is 29.7. The number of aliphatic carboxylic acids is 2. The van der Waals surface area contributed by atoms with Crippen LogP contribution in [-0.2, 0) is 28.7 Å². The van der Waals surface area contributed by atoms with Crippen molar-refractivity contribution in [2.75, 3.05) is 6.61 Å². The van der Waals surface area contributed by atoms with Crippen molar-refractivity contribution < 1.29 is 38.9 Å². The molecule has 0 aliphatic rings. The molecule has 11 nitrogen and oxygen atoms in total. The van der Waals surface area contributed by atoms with Crippen molar-refractivity contribution in [2.45, 2.75) is 186 Å². The van der Waals surface area contributed by atoms with E-state index in [0.717, 1.165) is 44.9 Å². The Morgan fingerprint density at radius 3 is 1.50 bits per heavy atom. The molecule has 0 spiro atoms. The van der Waals surface area contributed by atoms with E-state index in [1.807, 2.05) is 0 Å². The van der Waals surface area contributed by atoms with Crippen LogP contribution in [0.2, 0.25) is 0 Å². The maximum absolute atomic E-state index is 12.9. The monoisotopic (exact) mass is 655 g/mol. The minimum Gasteiger partial charge on any atom is -0.480 e. The van der Waals surface area contributed by atoms with Crippen molar-refractivity contribution in [3.63, 3.8) is 0 Å². The lowest BCUT2D eigenvalue weighted by molar-refractivity contribution is -0.148. The molecule has 0 bridgehead atoms. The zero-order valence-electron chi connectivity index (χ0n) is 28.8. The fourth-order valence-electron chi connectivity index (χ4n) is 5.26. The smallest absolute Gasteiger partial charge is 0.328 e. The number of hydrogen-bond acceptors (Lipinski definition) is 7. The summed E-state index contributed by atoms with van der Waals surface area (Å²) in [5, 5.41) is 23.6. The average molecular weight is 656 g/mol. The van der Waals surface area contributed by atoms with Gasteiger partial charge in [-0.25, -0.2) is 9.59 Å². The van der Waals surface area contributed by atoms with E-state index in [1.54, 1.807) is 0 Å². The molecule has 0 radical (unpaired) electrons. The summed E-state index contributed by atoms with van der Waals surface area (Å²) in [4.78, 5) is 60.8. The molecule has 0 saturated carbocycles. The van der Waals surface area contributed by atoms with Gasteiger partial charge in [-0.2, -0.15) is 0 Å². The number of nitrogens with two attached hydrogens (primary N) is 1. The number of rotatable bonds is 32. The molecular formula is C35H65N3O8. The van der Waals surface area contributed by atoms with E-state index in [0.29, 0.717) is 6.42 Å². The number of nitrogens with one attached hydrogen (secondary N) is 2. The predicted molar refractivity (Wildman–Crippen MR) is 180 cm³/mol. The molecule has 6 N–H and O–H groups in total. The molecule has 2 unspecified atom stereocenters. The molecule has 0 aliphatic carbocycles. The first-order chi connectivity index (χ1) is 22.1. The number of ether oxygens (including phenoxy) is 1. The lowest BCUT2D eigenvalue weighted by Crippen LogP contribution is -2.44. The van der Waals surface area contributed by atoms with Gasteiger partial charge in [0.05, 0.1) is 6.61 Å². The average Bonchev–Trinajstić information content (AvgIpc) is 3.02. The van der Waals surface area contributed by atoms with Crippen LogP contribution in [-0.4, -0.2) is 64.7 Å². The van der Waals surface area contributed by atoms with Gasteiger partial charge in [0.1, 0.15) is 18.1 Å². The highest BCUT2D eigenvalue weighted by molar-refractivity contribution is 5.86. The number of hydrogen-bond donors (Lipinski definition) is 5. The Hall–Kier alpha value is -2.69. The summed E-state index contributed by atoms with van der Waals surface area (Å²) < 4.78 is 5.47. The Labute approximate surface area is 277 Å². The third-order valence-electron chi connectivity index (χ3n) is 8.24. The Morgan fingerprint density at radius 1 is 0.543 bits per heavy atom. The molecule has 0 saturated heterocycles. The highest BCUT2D eigenvalue weighted by Crippen LogP contribution is 2.13. The number of esters is 1. The van der Waals surface area contributed by atoms with Crippen LogP contribution in [0.4, 0.5) is 0 Å². The summed E-state index contributed by atoms with van der Waals surface area (Å²) >= 11 is 0. The third-order valence-corrected chi connectivity index (χ3v) is 8.24. The standard InChI is InChI=1S/C35H65N3O8/c1-3-5-7-9-11-13-15-17-19-24-31(39)38-30(35(45)46-27-20-18-16-14-12-10-8-6-4-2)25-26-32(40)37-29(34(43)44)23-21-22-28(36)33(41)42/h28-30H,3-27,36H2,1-2H3,(H,37,40)(H,38,39)(H,41,42)(H,43,44)/t28?,29?,30-/m1/s1. The van der Waals surface area contributed by atoms with Crippen LogP contribution in [0.15, 0.2) is 0 Å². The first-order valence-electron chi connectivity index (χ1n) is 18.1. The second-order valence-corrected chi connectivity index (χ2v) is 12.6. The minimum atomic E-state index is -1.25. The predicted octanol–water partition coefficient (Wildman–Crippen LogP) is 6.40. The molecule has 0 aromatic carbocycles. The molecule has 0 aliphatic heterocycles. The molecule has 11 heteroatoms. The van der Waals surface area contributed by atoms with E-state index in [1.165, 1.54) is 64.2 Å². The van der Waals surface area contributed by atoms with Gasteiger partial charge in [-0.15, -0.1) is 0 Å². The van der Waals surface area contributed by atoms with E-state index >= 15 is 0 Å². The normalized spacial score (nSPS) is 13.0. The van der Waals surface area contributed by atoms with Gasteiger partial charge in [0.2, 0.25) is 11.8 Å². The first kappa shape index (κ1) is 43.3. The number of carbonyl (C=O) groups is 5. The first-order valence-corrected chi connectivity index (χ1v) is 18.1. The van der Waals surface area contributed by atoms with E-state index < -0.39 is 41.9 Å². The molecule has 46 heavy (non-hydrogen) atoms. The third kappa shape index (κ3) is 25.5. The molecule has 2 amide bonds. The molecule has 0 rings (SSSR count). The lowest BCUT2D eigenvalue weighted by Gasteiger charge is -2.19. The van der Waals surface area contributed by atoms with E-state index in [-0.39, 0.29) is 51.0 Å². The second-order valence-electron chi connectivity index (χ2n) is 12.6. The Balaban J connectivity index is 4.78. The Morgan fingerprint density at radius 2 is 1.00 bits per heavy atom. The Bertz CT molecular complexity index is 839. The van der Waals surface area contributed by atoms with E-state index in [2.05, 4.69) is 24.5 Å². The topological polar surface area (TPSA) is 185 Å².